The number of pyridine rings is 1. The number of hydrogen-bond donors (Lipinski definition) is 1. The highest BCUT2D eigenvalue weighted by atomic mass is 16.5. The van der Waals surface area contributed by atoms with Gasteiger partial charge in [0.05, 0.1) is 13.3 Å². The predicted molar refractivity (Wildman–Crippen MR) is 49.7 cm³/mol. The van der Waals surface area contributed by atoms with Gasteiger partial charge in [0.25, 0.3) is 0 Å². The maximum atomic E-state index is 11.1. The Balaban J connectivity index is 2.81. The maximum absolute atomic E-state index is 11.1. The van der Waals surface area contributed by atoms with Gasteiger partial charge in [-0.3, -0.25) is 9.78 Å². The van der Waals surface area contributed by atoms with Crippen LogP contribution in [-0.4, -0.2) is 18.0 Å². The standard InChI is InChI=1S/C9H12N2O2/c1-3-9(12)11-7-6-10-5-4-8(7)13-2/h4-6H,3H2,1-2H3,(H,11,12). The molecule has 1 rings (SSSR count). The van der Waals surface area contributed by atoms with Crippen LogP contribution in [0.25, 0.3) is 0 Å². The SMILES string of the molecule is CCC(=O)Nc1cnccc1OC. The molecule has 0 radical (unpaired) electrons. The first-order chi connectivity index (χ1) is 6.27. The van der Waals surface area contributed by atoms with Gasteiger partial charge in [-0.05, 0) is 0 Å². The highest BCUT2D eigenvalue weighted by Crippen LogP contribution is 2.21. The number of nitrogens with zero attached hydrogens (tertiary/aromatic N) is 1. The average Bonchev–Trinajstić information content (AvgIpc) is 2.18. The van der Waals surface area contributed by atoms with Crippen LogP contribution in [0.1, 0.15) is 13.3 Å². The van der Waals surface area contributed by atoms with Gasteiger partial charge in [-0.15, -0.1) is 0 Å². The molecule has 0 bridgehead atoms. The van der Waals surface area contributed by atoms with E-state index in [1.807, 2.05) is 0 Å². The minimum absolute atomic E-state index is 0.0497. The molecule has 70 valence electrons. The van der Waals surface area contributed by atoms with Crippen molar-refractivity contribution in [1.29, 1.82) is 0 Å². The van der Waals surface area contributed by atoms with Crippen LogP contribution in [0.4, 0.5) is 5.69 Å². The third-order valence-corrected chi connectivity index (χ3v) is 1.60. The number of methoxy groups -OCH3 is 1. The van der Waals surface area contributed by atoms with Gasteiger partial charge in [0.1, 0.15) is 11.4 Å². The lowest BCUT2D eigenvalue weighted by atomic mass is 10.3. The summed E-state index contributed by atoms with van der Waals surface area (Å²) < 4.78 is 5.04. The van der Waals surface area contributed by atoms with Gasteiger partial charge in [0, 0.05) is 18.7 Å². The van der Waals surface area contributed by atoms with Crippen molar-refractivity contribution in [3.63, 3.8) is 0 Å². The third-order valence-electron chi connectivity index (χ3n) is 1.60. The van der Waals surface area contributed by atoms with Crippen molar-refractivity contribution >= 4 is 11.6 Å². The maximum Gasteiger partial charge on any atom is 0.224 e. The predicted octanol–water partition coefficient (Wildman–Crippen LogP) is 1.44. The van der Waals surface area contributed by atoms with Crippen molar-refractivity contribution in [1.82, 2.24) is 4.98 Å². The molecule has 0 saturated carbocycles. The number of hydrogen-bond acceptors (Lipinski definition) is 3. The van der Waals surface area contributed by atoms with Crippen molar-refractivity contribution in [2.45, 2.75) is 13.3 Å². The fraction of sp³-hybridized carbons (Fsp3) is 0.333. The van der Waals surface area contributed by atoms with Crippen molar-refractivity contribution in [3.8, 4) is 5.75 Å². The van der Waals surface area contributed by atoms with Crippen molar-refractivity contribution in [3.05, 3.63) is 18.5 Å². The van der Waals surface area contributed by atoms with Gasteiger partial charge in [0.15, 0.2) is 0 Å². The number of anilines is 1. The number of nitrogens with one attached hydrogen (secondary N) is 1. The average molecular weight is 180 g/mol. The Labute approximate surface area is 76.9 Å². The molecule has 1 aromatic heterocycles. The van der Waals surface area contributed by atoms with Gasteiger partial charge in [0.2, 0.25) is 5.91 Å². The molecule has 0 saturated heterocycles. The van der Waals surface area contributed by atoms with E-state index in [1.54, 1.807) is 32.5 Å². The molecule has 0 aliphatic rings. The van der Waals surface area contributed by atoms with Crippen LogP contribution in [0.3, 0.4) is 0 Å². The van der Waals surface area contributed by atoms with E-state index in [1.165, 1.54) is 0 Å². The van der Waals surface area contributed by atoms with E-state index >= 15 is 0 Å². The fourth-order valence-corrected chi connectivity index (χ4v) is 0.892. The lowest BCUT2D eigenvalue weighted by Gasteiger charge is -2.07. The number of aromatic nitrogens is 1. The molecule has 4 heteroatoms. The van der Waals surface area contributed by atoms with Gasteiger partial charge in [-0.1, -0.05) is 6.92 Å². The minimum atomic E-state index is -0.0497. The highest BCUT2D eigenvalue weighted by Gasteiger charge is 2.04. The Morgan fingerprint density at radius 1 is 1.69 bits per heavy atom. The summed E-state index contributed by atoms with van der Waals surface area (Å²) in [6.45, 7) is 1.79. The van der Waals surface area contributed by atoms with Crippen molar-refractivity contribution in [2.75, 3.05) is 12.4 Å². The first-order valence-corrected chi connectivity index (χ1v) is 4.05. The second-order valence-corrected chi connectivity index (χ2v) is 2.48. The van der Waals surface area contributed by atoms with Crippen LogP contribution in [0.2, 0.25) is 0 Å². The number of ether oxygens (including phenoxy) is 1. The topological polar surface area (TPSA) is 51.2 Å². The van der Waals surface area contributed by atoms with E-state index in [9.17, 15) is 4.79 Å². The molecule has 1 amide bonds. The second-order valence-electron chi connectivity index (χ2n) is 2.48. The molecular formula is C9H12N2O2. The van der Waals surface area contributed by atoms with Crippen LogP contribution in [0.5, 0.6) is 5.75 Å². The quantitative estimate of drug-likeness (QED) is 0.765. The number of rotatable bonds is 3. The zero-order valence-corrected chi connectivity index (χ0v) is 7.70. The molecule has 0 spiro atoms. The first-order valence-electron chi connectivity index (χ1n) is 4.05. The Bertz CT molecular complexity index is 299. The molecule has 1 heterocycles. The molecule has 0 aliphatic heterocycles. The molecule has 0 aromatic carbocycles. The van der Waals surface area contributed by atoms with E-state index in [0.29, 0.717) is 17.9 Å². The molecular weight excluding hydrogens is 168 g/mol. The van der Waals surface area contributed by atoms with Crippen LogP contribution < -0.4 is 10.1 Å². The second kappa shape index (κ2) is 4.45. The number of carbonyl (C=O) groups is 1. The largest absolute Gasteiger partial charge is 0.494 e. The molecule has 0 aliphatic carbocycles. The molecule has 0 atom stereocenters. The van der Waals surface area contributed by atoms with Crippen LogP contribution in [0.15, 0.2) is 18.5 Å². The highest BCUT2D eigenvalue weighted by molar-refractivity contribution is 5.91. The summed E-state index contributed by atoms with van der Waals surface area (Å²) in [5.74, 6) is 0.572. The van der Waals surface area contributed by atoms with Gasteiger partial charge >= 0.3 is 0 Å². The Morgan fingerprint density at radius 2 is 2.46 bits per heavy atom. The van der Waals surface area contributed by atoms with E-state index in [-0.39, 0.29) is 5.91 Å². The van der Waals surface area contributed by atoms with E-state index in [2.05, 4.69) is 10.3 Å². The fourth-order valence-electron chi connectivity index (χ4n) is 0.892. The molecule has 1 N–H and O–H groups in total. The van der Waals surface area contributed by atoms with Crippen molar-refractivity contribution < 1.29 is 9.53 Å². The molecule has 4 nitrogen and oxygen atoms in total. The van der Waals surface area contributed by atoms with Crippen molar-refractivity contribution in [2.24, 2.45) is 0 Å². The van der Waals surface area contributed by atoms with Gasteiger partial charge in [-0.25, -0.2) is 0 Å². The molecule has 1 aromatic rings. The Morgan fingerprint density at radius 3 is 3.08 bits per heavy atom. The smallest absolute Gasteiger partial charge is 0.224 e. The number of amides is 1. The zero-order valence-electron chi connectivity index (χ0n) is 7.70. The molecule has 13 heavy (non-hydrogen) atoms. The summed E-state index contributed by atoms with van der Waals surface area (Å²) in [4.78, 5) is 14.9. The zero-order chi connectivity index (χ0) is 9.68. The summed E-state index contributed by atoms with van der Waals surface area (Å²) in [5.41, 5.74) is 0.608. The normalized spacial score (nSPS) is 9.38. The minimum Gasteiger partial charge on any atom is -0.494 e. The van der Waals surface area contributed by atoms with E-state index < -0.39 is 0 Å². The summed E-state index contributed by atoms with van der Waals surface area (Å²) in [7, 11) is 1.55. The third kappa shape index (κ3) is 2.43. The Kier molecular flexibility index (Phi) is 3.25. The van der Waals surface area contributed by atoms with Gasteiger partial charge < -0.3 is 10.1 Å². The molecule has 0 unspecified atom stereocenters. The van der Waals surface area contributed by atoms with Crippen LogP contribution in [-0.2, 0) is 4.79 Å². The van der Waals surface area contributed by atoms with Crippen LogP contribution in [0, 0.1) is 0 Å². The summed E-state index contributed by atoms with van der Waals surface area (Å²) in [5, 5.41) is 2.68. The van der Waals surface area contributed by atoms with E-state index in [0.717, 1.165) is 0 Å². The summed E-state index contributed by atoms with van der Waals surface area (Å²) in [6, 6.07) is 1.70. The summed E-state index contributed by atoms with van der Waals surface area (Å²) in [6.07, 6.45) is 3.62. The van der Waals surface area contributed by atoms with Gasteiger partial charge in [-0.2, -0.15) is 0 Å². The van der Waals surface area contributed by atoms with Crippen LogP contribution >= 0.6 is 0 Å². The lowest BCUT2D eigenvalue weighted by Crippen LogP contribution is -2.10. The number of carbonyl (C=O) groups excluding carboxylic acids is 1. The van der Waals surface area contributed by atoms with E-state index in [4.69, 9.17) is 4.74 Å². The monoisotopic (exact) mass is 180 g/mol. The lowest BCUT2D eigenvalue weighted by molar-refractivity contribution is -0.115. The first kappa shape index (κ1) is 9.51. The summed E-state index contributed by atoms with van der Waals surface area (Å²) >= 11 is 0. The molecule has 0 fully saturated rings. The Hall–Kier alpha value is -1.58.